The van der Waals surface area contributed by atoms with Crippen LogP contribution in [0.25, 0.3) is 23.0 Å². The van der Waals surface area contributed by atoms with Crippen LogP contribution >= 0.6 is 0 Å². The number of ether oxygens (including phenoxy) is 1. The first kappa shape index (κ1) is 15.1. The van der Waals surface area contributed by atoms with Gasteiger partial charge < -0.3 is 9.26 Å². The second-order valence-corrected chi connectivity index (χ2v) is 6.92. The zero-order valence-electron chi connectivity index (χ0n) is 14.3. The summed E-state index contributed by atoms with van der Waals surface area (Å²) in [5.41, 5.74) is 4.48. The highest BCUT2D eigenvalue weighted by Crippen LogP contribution is 2.38. The predicted octanol–water partition coefficient (Wildman–Crippen LogP) is 4.02. The molecule has 6 nitrogen and oxygen atoms in total. The molecule has 1 aliphatic rings. The van der Waals surface area contributed by atoms with Crippen LogP contribution in [0.15, 0.2) is 28.8 Å². The van der Waals surface area contributed by atoms with Gasteiger partial charge in [0.1, 0.15) is 5.60 Å². The number of fused-ring (bicyclic) bond motifs is 1. The van der Waals surface area contributed by atoms with Crippen LogP contribution in [0.1, 0.15) is 50.4 Å². The molecule has 0 saturated heterocycles. The van der Waals surface area contributed by atoms with Crippen LogP contribution in [-0.4, -0.2) is 20.3 Å². The zero-order chi connectivity index (χ0) is 16.9. The van der Waals surface area contributed by atoms with Crippen LogP contribution < -0.4 is 0 Å². The molecule has 0 fully saturated rings. The first-order valence-corrected chi connectivity index (χ1v) is 8.12. The van der Waals surface area contributed by atoms with Crippen molar-refractivity contribution in [1.82, 2.24) is 20.3 Å². The zero-order valence-corrected chi connectivity index (χ0v) is 14.3. The second-order valence-electron chi connectivity index (χ2n) is 6.92. The molecule has 0 atom stereocenters. The van der Waals surface area contributed by atoms with E-state index < -0.39 is 0 Å². The van der Waals surface area contributed by atoms with Crippen LogP contribution in [0.4, 0.5) is 0 Å². The Labute approximate surface area is 140 Å². The molecule has 0 aliphatic carbocycles. The molecule has 3 heterocycles. The van der Waals surface area contributed by atoms with E-state index in [1.165, 1.54) is 5.56 Å². The highest BCUT2D eigenvalue weighted by molar-refractivity contribution is 5.61. The third kappa shape index (κ3) is 2.34. The molecule has 0 bridgehead atoms. The Morgan fingerprint density at radius 1 is 1.17 bits per heavy atom. The van der Waals surface area contributed by atoms with Gasteiger partial charge in [-0.05, 0) is 25.3 Å². The fraction of sp³-hybridized carbons (Fsp3) is 0.389. The molecule has 1 aliphatic heterocycles. The van der Waals surface area contributed by atoms with E-state index in [1.54, 1.807) is 0 Å². The van der Waals surface area contributed by atoms with Gasteiger partial charge >= 0.3 is 0 Å². The lowest BCUT2D eigenvalue weighted by molar-refractivity contribution is -0.0111. The van der Waals surface area contributed by atoms with Gasteiger partial charge in [-0.1, -0.05) is 43.3 Å². The Morgan fingerprint density at radius 3 is 2.62 bits per heavy atom. The third-order valence-electron chi connectivity index (χ3n) is 4.51. The van der Waals surface area contributed by atoms with E-state index in [1.807, 2.05) is 26.0 Å². The smallest absolute Gasteiger partial charge is 0.279 e. The molecule has 0 amide bonds. The molecule has 1 aromatic carbocycles. The van der Waals surface area contributed by atoms with E-state index >= 15 is 0 Å². The minimum atomic E-state index is -0.365. The molecule has 0 radical (unpaired) electrons. The van der Waals surface area contributed by atoms with Crippen molar-refractivity contribution in [2.24, 2.45) is 0 Å². The van der Waals surface area contributed by atoms with Crippen molar-refractivity contribution in [2.75, 3.05) is 0 Å². The van der Waals surface area contributed by atoms with E-state index in [4.69, 9.17) is 9.26 Å². The molecular weight excluding hydrogens is 304 g/mol. The maximum atomic E-state index is 5.78. The third-order valence-corrected chi connectivity index (χ3v) is 4.51. The van der Waals surface area contributed by atoms with Gasteiger partial charge in [-0.3, -0.25) is 5.10 Å². The highest BCUT2D eigenvalue weighted by Gasteiger charge is 2.36. The first-order valence-electron chi connectivity index (χ1n) is 8.12. The number of aromatic nitrogens is 4. The van der Waals surface area contributed by atoms with E-state index in [0.717, 1.165) is 16.8 Å². The summed E-state index contributed by atoms with van der Waals surface area (Å²) < 4.78 is 11.2. The van der Waals surface area contributed by atoms with Gasteiger partial charge in [0.2, 0.25) is 5.82 Å². The summed E-state index contributed by atoms with van der Waals surface area (Å²) in [6.07, 6.45) is 0. The number of rotatable bonds is 3. The Balaban J connectivity index is 1.67. The fourth-order valence-electron chi connectivity index (χ4n) is 2.96. The summed E-state index contributed by atoms with van der Waals surface area (Å²) in [6.45, 7) is 8.86. The molecule has 0 saturated carbocycles. The SMILES string of the molecule is CC(C)c1ccc(-c2noc(-c3n[nH]c4c3COC4(C)C)n2)cc1. The quantitative estimate of drug-likeness (QED) is 0.787. The predicted molar refractivity (Wildman–Crippen MR) is 89.2 cm³/mol. The summed E-state index contributed by atoms with van der Waals surface area (Å²) in [5, 5.41) is 11.5. The van der Waals surface area contributed by atoms with Gasteiger partial charge in [-0.25, -0.2) is 0 Å². The van der Waals surface area contributed by atoms with Gasteiger partial charge in [0, 0.05) is 11.1 Å². The molecular formula is C18H20N4O2. The summed E-state index contributed by atoms with van der Waals surface area (Å²) in [5.74, 6) is 1.47. The lowest BCUT2D eigenvalue weighted by Gasteiger charge is -2.15. The van der Waals surface area contributed by atoms with Crippen LogP contribution in [0.3, 0.4) is 0 Å². The van der Waals surface area contributed by atoms with Crippen molar-refractivity contribution < 1.29 is 9.26 Å². The van der Waals surface area contributed by atoms with E-state index in [9.17, 15) is 0 Å². The maximum absolute atomic E-state index is 5.78. The lowest BCUT2D eigenvalue weighted by Crippen LogP contribution is -2.15. The van der Waals surface area contributed by atoms with Crippen molar-refractivity contribution in [3.8, 4) is 23.0 Å². The topological polar surface area (TPSA) is 76.8 Å². The van der Waals surface area contributed by atoms with Crippen molar-refractivity contribution in [3.05, 3.63) is 41.1 Å². The van der Waals surface area contributed by atoms with Crippen LogP contribution in [0, 0.1) is 0 Å². The number of nitrogens with zero attached hydrogens (tertiary/aromatic N) is 3. The summed E-state index contributed by atoms with van der Waals surface area (Å²) >= 11 is 0. The largest absolute Gasteiger partial charge is 0.364 e. The molecule has 124 valence electrons. The van der Waals surface area contributed by atoms with E-state index in [2.05, 4.69) is 46.3 Å². The molecule has 2 aromatic heterocycles. The van der Waals surface area contributed by atoms with Gasteiger partial charge in [-0.2, -0.15) is 10.1 Å². The summed E-state index contributed by atoms with van der Waals surface area (Å²) in [6, 6.07) is 8.23. The number of hydrogen-bond acceptors (Lipinski definition) is 5. The number of hydrogen-bond donors (Lipinski definition) is 1. The molecule has 6 heteroatoms. The second kappa shape index (κ2) is 5.27. The van der Waals surface area contributed by atoms with Gasteiger partial charge in [0.05, 0.1) is 12.3 Å². The minimum Gasteiger partial charge on any atom is -0.364 e. The Morgan fingerprint density at radius 2 is 1.92 bits per heavy atom. The monoisotopic (exact) mass is 324 g/mol. The van der Waals surface area contributed by atoms with Crippen molar-refractivity contribution in [2.45, 2.75) is 45.8 Å². The molecule has 0 spiro atoms. The number of aromatic amines is 1. The molecule has 1 N–H and O–H groups in total. The first-order chi connectivity index (χ1) is 11.5. The number of benzene rings is 1. The summed E-state index contributed by atoms with van der Waals surface area (Å²) in [4.78, 5) is 4.51. The Hall–Kier alpha value is -2.47. The van der Waals surface area contributed by atoms with Gasteiger partial charge in [0.15, 0.2) is 5.69 Å². The average Bonchev–Trinajstić information content (AvgIpc) is 3.25. The van der Waals surface area contributed by atoms with Gasteiger partial charge in [-0.15, -0.1) is 0 Å². The normalized spacial score (nSPS) is 15.9. The standard InChI is InChI=1S/C18H20N4O2/c1-10(2)11-5-7-12(8-6-11)16-19-17(24-22-16)14-13-9-23-18(3,4)15(13)21-20-14/h5-8,10H,9H2,1-4H3,(H,20,21). The Bertz CT molecular complexity index is 875. The average molecular weight is 324 g/mol. The van der Waals surface area contributed by atoms with Gasteiger partial charge in [0.25, 0.3) is 5.89 Å². The summed E-state index contributed by atoms with van der Waals surface area (Å²) in [7, 11) is 0. The van der Waals surface area contributed by atoms with Crippen LogP contribution in [-0.2, 0) is 16.9 Å². The molecule has 3 aromatic rings. The minimum absolute atomic E-state index is 0.365. The van der Waals surface area contributed by atoms with E-state index in [0.29, 0.717) is 29.9 Å². The van der Waals surface area contributed by atoms with Crippen LogP contribution in [0.5, 0.6) is 0 Å². The highest BCUT2D eigenvalue weighted by atomic mass is 16.5. The molecule has 24 heavy (non-hydrogen) atoms. The van der Waals surface area contributed by atoms with Crippen LogP contribution in [0.2, 0.25) is 0 Å². The maximum Gasteiger partial charge on any atom is 0.279 e. The fourth-order valence-corrected chi connectivity index (χ4v) is 2.96. The van der Waals surface area contributed by atoms with Crippen molar-refractivity contribution in [1.29, 1.82) is 0 Å². The van der Waals surface area contributed by atoms with Crippen molar-refractivity contribution >= 4 is 0 Å². The van der Waals surface area contributed by atoms with E-state index in [-0.39, 0.29) is 5.60 Å². The Kier molecular flexibility index (Phi) is 3.31. The molecule has 4 rings (SSSR count). The molecule has 0 unspecified atom stereocenters. The lowest BCUT2D eigenvalue weighted by atomic mass is 10.0. The number of H-pyrrole nitrogens is 1. The van der Waals surface area contributed by atoms with Crippen molar-refractivity contribution in [3.63, 3.8) is 0 Å². The number of nitrogens with one attached hydrogen (secondary N) is 1.